The van der Waals surface area contributed by atoms with Crippen molar-refractivity contribution in [2.24, 2.45) is 12.2 Å². The highest BCUT2D eigenvalue weighted by Gasteiger charge is 2.29. The predicted octanol–water partition coefficient (Wildman–Crippen LogP) is 3.07. The van der Waals surface area contributed by atoms with E-state index in [4.69, 9.17) is 9.88 Å². The molecule has 30 heavy (non-hydrogen) atoms. The third kappa shape index (κ3) is 5.20. The summed E-state index contributed by atoms with van der Waals surface area (Å²) in [6, 6.07) is 10.5. The van der Waals surface area contributed by atoms with Crippen molar-refractivity contribution in [1.29, 1.82) is 0 Å². The molecule has 0 aliphatic heterocycles. The van der Waals surface area contributed by atoms with E-state index in [0.717, 1.165) is 12.1 Å². The maximum absolute atomic E-state index is 12.7. The fourth-order valence-electron chi connectivity index (χ4n) is 2.52. The Morgan fingerprint density at radius 2 is 1.83 bits per heavy atom. The van der Waals surface area contributed by atoms with Gasteiger partial charge in [-0.2, -0.15) is 18.3 Å². The Kier molecular flexibility index (Phi) is 5.87. The third-order valence-electron chi connectivity index (χ3n) is 4.05. The molecule has 2 aromatic carbocycles. The summed E-state index contributed by atoms with van der Waals surface area (Å²) in [5.41, 5.74) is 0.675. The normalized spacial score (nSPS) is 11.6. The van der Waals surface area contributed by atoms with Gasteiger partial charge in [-0.05, 0) is 35.9 Å². The Hall–Kier alpha value is -3.29. The predicted molar refractivity (Wildman–Crippen MR) is 103 cm³/mol. The first kappa shape index (κ1) is 21.4. The molecule has 156 valence electrons. The van der Waals surface area contributed by atoms with Crippen molar-refractivity contribution in [2.45, 2.75) is 17.7 Å². The minimum absolute atomic E-state index is 0.0211. The lowest BCUT2D eigenvalue weighted by Gasteiger charge is -2.09. The summed E-state index contributed by atoms with van der Waals surface area (Å²) in [7, 11) is -2.21. The van der Waals surface area contributed by atoms with Crippen molar-refractivity contribution >= 4 is 10.0 Å². The Bertz CT molecular complexity index is 1220. The van der Waals surface area contributed by atoms with Gasteiger partial charge >= 0.3 is 6.18 Å². The standard InChI is InChI=1S/C20H16F3N3O3S/c1-26-19(29-13-15-6-9-17(10-7-15)20(21,22)23)16(12-25-26)8-5-14-3-2-4-18(11-14)30(24,27)28/h2-4,6-7,9-12H,13H2,1H3,(H2,24,27,28). The SMILES string of the molecule is Cn1ncc(C#Cc2cccc(S(N)(=O)=O)c2)c1OCc1ccc(C(F)(F)F)cc1. The number of sulfonamides is 1. The number of benzene rings is 2. The third-order valence-corrected chi connectivity index (χ3v) is 4.96. The molecule has 0 fully saturated rings. The zero-order valence-corrected chi connectivity index (χ0v) is 16.5. The number of aromatic nitrogens is 2. The minimum atomic E-state index is -4.40. The molecule has 10 heteroatoms. The van der Waals surface area contributed by atoms with Crippen LogP contribution in [-0.2, 0) is 29.9 Å². The van der Waals surface area contributed by atoms with Gasteiger partial charge in [0.05, 0.1) is 16.7 Å². The molecule has 0 aliphatic carbocycles. The number of hydrogen-bond acceptors (Lipinski definition) is 4. The van der Waals surface area contributed by atoms with Gasteiger partial charge in [0.2, 0.25) is 15.9 Å². The van der Waals surface area contributed by atoms with Gasteiger partial charge < -0.3 is 4.74 Å². The van der Waals surface area contributed by atoms with Gasteiger partial charge in [-0.1, -0.05) is 30.0 Å². The van der Waals surface area contributed by atoms with Crippen molar-refractivity contribution in [2.75, 3.05) is 0 Å². The van der Waals surface area contributed by atoms with E-state index < -0.39 is 21.8 Å². The number of nitrogens with zero attached hydrogens (tertiary/aromatic N) is 2. The molecule has 3 aromatic rings. The van der Waals surface area contributed by atoms with Crippen LogP contribution in [0.5, 0.6) is 5.88 Å². The van der Waals surface area contributed by atoms with Crippen LogP contribution in [0.25, 0.3) is 0 Å². The molecule has 2 N–H and O–H groups in total. The molecule has 0 bridgehead atoms. The van der Waals surface area contributed by atoms with E-state index in [9.17, 15) is 21.6 Å². The molecule has 0 spiro atoms. The van der Waals surface area contributed by atoms with Gasteiger partial charge in [0.25, 0.3) is 0 Å². The molecule has 1 heterocycles. The van der Waals surface area contributed by atoms with Gasteiger partial charge in [-0.25, -0.2) is 18.2 Å². The van der Waals surface area contributed by atoms with E-state index in [1.54, 1.807) is 13.1 Å². The van der Waals surface area contributed by atoms with E-state index in [-0.39, 0.29) is 11.5 Å². The first-order valence-corrected chi connectivity index (χ1v) is 10.0. The van der Waals surface area contributed by atoms with Gasteiger partial charge in [0.15, 0.2) is 0 Å². The van der Waals surface area contributed by atoms with Gasteiger partial charge in [0, 0.05) is 12.6 Å². The summed E-state index contributed by atoms with van der Waals surface area (Å²) in [5, 5.41) is 9.19. The molecule has 0 saturated carbocycles. The Morgan fingerprint density at radius 1 is 1.13 bits per heavy atom. The topological polar surface area (TPSA) is 87.2 Å². The van der Waals surface area contributed by atoms with Crippen molar-refractivity contribution in [1.82, 2.24) is 9.78 Å². The molecule has 0 saturated heterocycles. The number of ether oxygens (including phenoxy) is 1. The highest BCUT2D eigenvalue weighted by Crippen LogP contribution is 2.29. The lowest BCUT2D eigenvalue weighted by Crippen LogP contribution is -2.11. The van der Waals surface area contributed by atoms with Crippen molar-refractivity contribution in [3.63, 3.8) is 0 Å². The number of alkyl halides is 3. The Balaban J connectivity index is 1.78. The second-order valence-electron chi connectivity index (χ2n) is 6.29. The van der Waals surface area contributed by atoms with E-state index >= 15 is 0 Å². The number of primary sulfonamides is 1. The second-order valence-corrected chi connectivity index (χ2v) is 7.85. The molecule has 0 amide bonds. The number of nitrogens with two attached hydrogens (primary N) is 1. The van der Waals surface area contributed by atoms with Crippen LogP contribution in [-0.4, -0.2) is 18.2 Å². The molecule has 0 radical (unpaired) electrons. The second kappa shape index (κ2) is 8.22. The van der Waals surface area contributed by atoms with Crippen molar-refractivity contribution < 1.29 is 26.3 Å². The molecule has 1 aromatic heterocycles. The molecular formula is C20H16F3N3O3S. The van der Waals surface area contributed by atoms with Crippen LogP contribution < -0.4 is 9.88 Å². The van der Waals surface area contributed by atoms with Crippen LogP contribution >= 0.6 is 0 Å². The van der Waals surface area contributed by atoms with Crippen LogP contribution in [0, 0.1) is 11.8 Å². The van der Waals surface area contributed by atoms with Gasteiger partial charge in [0.1, 0.15) is 12.2 Å². The van der Waals surface area contributed by atoms with E-state index in [1.165, 1.54) is 41.2 Å². The molecule has 6 nitrogen and oxygen atoms in total. The molecule has 0 aliphatic rings. The fourth-order valence-corrected chi connectivity index (χ4v) is 3.07. The summed E-state index contributed by atoms with van der Waals surface area (Å²) >= 11 is 0. The van der Waals surface area contributed by atoms with Crippen LogP contribution in [0.3, 0.4) is 0 Å². The zero-order valence-electron chi connectivity index (χ0n) is 15.6. The summed E-state index contributed by atoms with van der Waals surface area (Å²) in [4.78, 5) is -0.0562. The molecule has 0 atom stereocenters. The van der Waals surface area contributed by atoms with Gasteiger partial charge in [-0.15, -0.1) is 0 Å². The first-order chi connectivity index (χ1) is 14.0. The average Bonchev–Trinajstić information content (AvgIpc) is 3.03. The van der Waals surface area contributed by atoms with Crippen molar-refractivity contribution in [3.05, 3.63) is 77.0 Å². The maximum Gasteiger partial charge on any atom is 0.416 e. The molecule has 0 unspecified atom stereocenters. The number of aryl methyl sites for hydroxylation is 1. The summed E-state index contributed by atoms with van der Waals surface area (Å²) in [5.74, 6) is 6.00. The number of rotatable bonds is 4. The summed E-state index contributed by atoms with van der Waals surface area (Å²) in [6.07, 6.45) is -2.93. The van der Waals surface area contributed by atoms with E-state index in [1.807, 2.05) is 0 Å². The monoisotopic (exact) mass is 435 g/mol. The van der Waals surface area contributed by atoms with Crippen LogP contribution in [0.15, 0.2) is 59.6 Å². The Morgan fingerprint density at radius 3 is 2.47 bits per heavy atom. The van der Waals surface area contributed by atoms with Crippen LogP contribution in [0.4, 0.5) is 13.2 Å². The zero-order chi connectivity index (χ0) is 21.9. The largest absolute Gasteiger partial charge is 0.472 e. The minimum Gasteiger partial charge on any atom is -0.472 e. The first-order valence-electron chi connectivity index (χ1n) is 8.50. The molecule has 3 rings (SSSR count). The van der Waals surface area contributed by atoms with Crippen LogP contribution in [0.2, 0.25) is 0 Å². The summed E-state index contributed by atoms with van der Waals surface area (Å²) < 4.78 is 68.0. The fraction of sp³-hybridized carbons (Fsp3) is 0.150. The van der Waals surface area contributed by atoms with Crippen LogP contribution in [0.1, 0.15) is 22.3 Å². The Labute approximate surface area is 171 Å². The quantitative estimate of drug-likeness (QED) is 0.638. The lowest BCUT2D eigenvalue weighted by atomic mass is 10.1. The smallest absolute Gasteiger partial charge is 0.416 e. The van der Waals surface area contributed by atoms with E-state index in [0.29, 0.717) is 22.6 Å². The number of hydrogen-bond donors (Lipinski definition) is 1. The number of halogens is 3. The van der Waals surface area contributed by atoms with Gasteiger partial charge in [-0.3, -0.25) is 0 Å². The van der Waals surface area contributed by atoms with Crippen molar-refractivity contribution in [3.8, 4) is 17.7 Å². The lowest BCUT2D eigenvalue weighted by molar-refractivity contribution is -0.137. The molecular weight excluding hydrogens is 419 g/mol. The summed E-state index contributed by atoms with van der Waals surface area (Å²) in [6.45, 7) is 0.0211. The highest BCUT2D eigenvalue weighted by molar-refractivity contribution is 7.89. The maximum atomic E-state index is 12.7. The van der Waals surface area contributed by atoms with E-state index in [2.05, 4.69) is 16.9 Å². The highest BCUT2D eigenvalue weighted by atomic mass is 32.2. The average molecular weight is 435 g/mol.